The van der Waals surface area contributed by atoms with Crippen molar-refractivity contribution in [3.63, 3.8) is 0 Å². The maximum absolute atomic E-state index is 12.7. The monoisotopic (exact) mass is 374 g/mol. The number of rotatable bonds is 2. The third-order valence-electron chi connectivity index (χ3n) is 7.87. The van der Waals surface area contributed by atoms with Crippen molar-refractivity contribution in [1.29, 1.82) is 0 Å². The van der Waals surface area contributed by atoms with Gasteiger partial charge in [-0.3, -0.25) is 9.59 Å². The van der Waals surface area contributed by atoms with E-state index in [9.17, 15) is 19.8 Å². The van der Waals surface area contributed by atoms with E-state index in [1.54, 1.807) is 6.92 Å². The first-order valence-electron chi connectivity index (χ1n) is 10.2. The Morgan fingerprint density at radius 3 is 2.56 bits per heavy atom. The summed E-state index contributed by atoms with van der Waals surface area (Å²) in [7, 11) is 0. The minimum atomic E-state index is -1.57. The molecule has 4 aliphatic carbocycles. The number of carbonyl (C=O) groups excluding carboxylic acids is 2. The molecule has 0 aromatic carbocycles. The van der Waals surface area contributed by atoms with Crippen molar-refractivity contribution in [2.75, 3.05) is 0 Å². The van der Waals surface area contributed by atoms with Crippen LogP contribution in [-0.4, -0.2) is 33.4 Å². The predicted octanol–water partition coefficient (Wildman–Crippen LogP) is 3.20. The first kappa shape index (κ1) is 18.9. The molecule has 1 saturated carbocycles. The number of Topliss-reactive ketones (excluding diaryl/α,β-unsaturated/α-hetero) is 1. The topological polar surface area (TPSA) is 83.8 Å². The molecule has 5 nitrogen and oxygen atoms in total. The molecule has 0 aromatic heterocycles. The molecular weight excluding hydrogens is 344 g/mol. The van der Waals surface area contributed by atoms with Crippen LogP contribution in [0.4, 0.5) is 0 Å². The van der Waals surface area contributed by atoms with Crippen molar-refractivity contribution >= 4 is 11.8 Å². The fourth-order valence-corrected chi connectivity index (χ4v) is 6.64. The second-order valence-electron chi connectivity index (χ2n) is 9.29. The number of hydrogen-bond donors (Lipinski definition) is 2. The van der Waals surface area contributed by atoms with Crippen LogP contribution < -0.4 is 0 Å². The number of carbonyl (C=O) groups is 2. The van der Waals surface area contributed by atoms with Crippen molar-refractivity contribution in [3.05, 3.63) is 22.8 Å². The molecule has 0 radical (unpaired) electrons. The van der Waals surface area contributed by atoms with Crippen molar-refractivity contribution in [3.8, 4) is 0 Å². The molecule has 2 N–H and O–H groups in total. The van der Waals surface area contributed by atoms with Gasteiger partial charge in [0.1, 0.15) is 0 Å². The van der Waals surface area contributed by atoms with Gasteiger partial charge in [0.15, 0.2) is 17.2 Å². The van der Waals surface area contributed by atoms with Gasteiger partial charge in [0.05, 0.1) is 0 Å². The number of allylic oxidation sites excluding steroid dienone is 3. The summed E-state index contributed by atoms with van der Waals surface area (Å²) >= 11 is 0. The lowest BCUT2D eigenvalue weighted by Crippen LogP contribution is -2.55. The Morgan fingerprint density at radius 2 is 1.89 bits per heavy atom. The highest BCUT2D eigenvalue weighted by Crippen LogP contribution is 2.64. The van der Waals surface area contributed by atoms with Crippen LogP contribution in [0.5, 0.6) is 0 Å². The summed E-state index contributed by atoms with van der Waals surface area (Å²) in [4.78, 5) is 24.5. The lowest BCUT2D eigenvalue weighted by Gasteiger charge is -2.51. The molecule has 27 heavy (non-hydrogen) atoms. The summed E-state index contributed by atoms with van der Waals surface area (Å²) in [5.41, 5.74) is 2.48. The molecule has 148 valence electrons. The Hall–Kier alpha value is -1.46. The molecule has 0 bridgehead atoms. The summed E-state index contributed by atoms with van der Waals surface area (Å²) < 4.78 is 5.75. The van der Waals surface area contributed by atoms with E-state index in [0.29, 0.717) is 37.5 Å². The maximum Gasteiger partial charge on any atom is 0.303 e. The van der Waals surface area contributed by atoms with E-state index in [1.165, 1.54) is 23.6 Å². The molecule has 0 heterocycles. The number of hydrogen-bond acceptors (Lipinski definition) is 5. The summed E-state index contributed by atoms with van der Waals surface area (Å²) in [5, 5.41) is 20.1. The first-order valence-corrected chi connectivity index (χ1v) is 10.2. The zero-order valence-corrected chi connectivity index (χ0v) is 16.5. The molecule has 0 aliphatic heterocycles. The first-order chi connectivity index (χ1) is 12.6. The Kier molecular flexibility index (Phi) is 4.21. The highest BCUT2D eigenvalue weighted by Gasteiger charge is 2.65. The predicted molar refractivity (Wildman–Crippen MR) is 99.5 cm³/mol. The minimum Gasteiger partial charge on any atom is -0.451 e. The second-order valence-corrected chi connectivity index (χ2v) is 9.29. The average Bonchev–Trinajstić information content (AvgIpc) is 2.87. The number of esters is 1. The van der Waals surface area contributed by atoms with Gasteiger partial charge in [0.25, 0.3) is 0 Å². The number of fused-ring (bicyclic) bond motifs is 4. The van der Waals surface area contributed by atoms with E-state index in [2.05, 4.69) is 13.0 Å². The number of ether oxygens (including phenoxy) is 1. The zero-order chi connectivity index (χ0) is 19.6. The molecule has 2 unspecified atom stereocenters. The van der Waals surface area contributed by atoms with Crippen LogP contribution in [0.25, 0.3) is 0 Å². The smallest absolute Gasteiger partial charge is 0.303 e. The van der Waals surface area contributed by atoms with Crippen LogP contribution in [0.15, 0.2) is 22.8 Å². The average molecular weight is 374 g/mol. The van der Waals surface area contributed by atoms with E-state index in [0.717, 1.165) is 25.7 Å². The Bertz CT molecular complexity index is 761. The fraction of sp³-hybridized carbons (Fsp3) is 0.727. The van der Waals surface area contributed by atoms with Crippen LogP contribution >= 0.6 is 0 Å². The molecule has 1 fully saturated rings. The van der Waals surface area contributed by atoms with Gasteiger partial charge in [-0.1, -0.05) is 18.6 Å². The van der Waals surface area contributed by atoms with Crippen molar-refractivity contribution in [2.45, 2.75) is 83.5 Å². The van der Waals surface area contributed by atoms with Crippen LogP contribution in [0, 0.1) is 17.3 Å². The lowest BCUT2D eigenvalue weighted by atomic mass is 9.55. The van der Waals surface area contributed by atoms with Gasteiger partial charge >= 0.3 is 5.97 Å². The standard InChI is InChI=1S/C22H30O5/c1-13(23)22(27-14(2)24)11-8-19-18-5-4-15-12-21(25,26)10-7-16(15)17(18)6-9-20(19,22)3/h6,18-19,25-26H,4-5,7-12H2,1-3H3/t18?,19?,20-,22-/m0/s1. The molecule has 0 saturated heterocycles. The van der Waals surface area contributed by atoms with Gasteiger partial charge in [-0.05, 0) is 68.4 Å². The van der Waals surface area contributed by atoms with Crippen LogP contribution in [0.1, 0.15) is 72.1 Å². The third-order valence-corrected chi connectivity index (χ3v) is 7.87. The minimum absolute atomic E-state index is 0.0433. The fourth-order valence-electron chi connectivity index (χ4n) is 6.64. The molecule has 0 amide bonds. The van der Waals surface area contributed by atoms with E-state index in [4.69, 9.17) is 4.74 Å². The normalized spacial score (nSPS) is 39.8. The molecular formula is C22H30O5. The van der Waals surface area contributed by atoms with Gasteiger partial charge in [0.2, 0.25) is 0 Å². The molecule has 0 aromatic rings. The highest BCUT2D eigenvalue weighted by atomic mass is 16.6. The molecule has 0 spiro atoms. The quantitative estimate of drug-likeness (QED) is 0.573. The van der Waals surface area contributed by atoms with Gasteiger partial charge in [-0.2, -0.15) is 0 Å². The van der Waals surface area contributed by atoms with Gasteiger partial charge in [0, 0.05) is 25.2 Å². The largest absolute Gasteiger partial charge is 0.451 e. The van der Waals surface area contributed by atoms with Crippen LogP contribution in [0.2, 0.25) is 0 Å². The van der Waals surface area contributed by atoms with E-state index < -0.39 is 11.4 Å². The Balaban J connectivity index is 1.73. The highest BCUT2D eigenvalue weighted by molar-refractivity contribution is 5.89. The number of aliphatic hydroxyl groups is 2. The summed E-state index contributed by atoms with van der Waals surface area (Å²) in [5.74, 6) is -1.32. The third kappa shape index (κ3) is 2.65. The van der Waals surface area contributed by atoms with E-state index in [1.807, 2.05) is 0 Å². The van der Waals surface area contributed by atoms with Crippen molar-refractivity contribution in [2.24, 2.45) is 17.3 Å². The molecule has 4 aliphatic rings. The van der Waals surface area contributed by atoms with Crippen molar-refractivity contribution in [1.82, 2.24) is 0 Å². The summed E-state index contributed by atoms with van der Waals surface area (Å²) in [6.45, 7) is 5.07. The molecule has 5 heteroatoms. The van der Waals surface area contributed by atoms with Gasteiger partial charge in [-0.25, -0.2) is 0 Å². The Labute approximate surface area is 160 Å². The van der Waals surface area contributed by atoms with Crippen molar-refractivity contribution < 1.29 is 24.5 Å². The van der Waals surface area contributed by atoms with Gasteiger partial charge in [-0.15, -0.1) is 0 Å². The summed E-state index contributed by atoms with van der Waals surface area (Å²) in [6.07, 6.45) is 7.74. The molecule has 4 rings (SSSR count). The van der Waals surface area contributed by atoms with Crippen LogP contribution in [-0.2, 0) is 14.3 Å². The van der Waals surface area contributed by atoms with E-state index >= 15 is 0 Å². The summed E-state index contributed by atoms with van der Waals surface area (Å²) in [6, 6.07) is 0. The van der Waals surface area contributed by atoms with Crippen LogP contribution in [0.3, 0.4) is 0 Å². The second kappa shape index (κ2) is 6.02. The van der Waals surface area contributed by atoms with E-state index in [-0.39, 0.29) is 17.2 Å². The van der Waals surface area contributed by atoms with Gasteiger partial charge < -0.3 is 14.9 Å². The molecule has 4 atom stereocenters. The Morgan fingerprint density at radius 1 is 1.15 bits per heavy atom. The number of ketones is 1. The lowest BCUT2D eigenvalue weighted by molar-refractivity contribution is -0.180. The zero-order valence-electron chi connectivity index (χ0n) is 16.5. The maximum atomic E-state index is 12.7. The SMILES string of the molecule is CC(=O)O[C@]1(C(C)=O)CCC2C3CCC4=C(CCC(O)(O)C4)C3=CC[C@@]21C.